The molecule has 2 amide bonds. The number of rotatable bonds is 5. The maximum absolute atomic E-state index is 12.3. The second-order valence-corrected chi connectivity index (χ2v) is 5.85. The van der Waals surface area contributed by atoms with E-state index < -0.39 is 5.60 Å². The third-order valence-corrected chi connectivity index (χ3v) is 3.24. The van der Waals surface area contributed by atoms with Gasteiger partial charge in [-0.25, -0.2) is 4.79 Å². The molecule has 0 aliphatic rings. The minimum Gasteiger partial charge on any atom is -0.389 e. The molecule has 1 atom stereocenters. The Morgan fingerprint density at radius 1 is 1.40 bits per heavy atom. The molecule has 0 bridgehead atoms. The zero-order valence-corrected chi connectivity index (χ0v) is 13.1. The smallest absolute Gasteiger partial charge is 0.317 e. The van der Waals surface area contributed by atoms with Gasteiger partial charge in [0.1, 0.15) is 0 Å². The minimum atomic E-state index is -0.890. The summed E-state index contributed by atoms with van der Waals surface area (Å²) in [7, 11) is 0. The highest BCUT2D eigenvalue weighted by Crippen LogP contribution is 2.17. The Morgan fingerprint density at radius 3 is 2.50 bits per heavy atom. The molecular weight excluding hydrogens is 252 g/mol. The normalized spacial score (nSPS) is 12.9. The largest absolute Gasteiger partial charge is 0.389 e. The van der Waals surface area contributed by atoms with Crippen molar-refractivity contribution >= 4 is 6.03 Å². The number of benzene rings is 1. The maximum atomic E-state index is 12.3. The van der Waals surface area contributed by atoms with Gasteiger partial charge < -0.3 is 15.3 Å². The first kappa shape index (κ1) is 16.5. The molecule has 0 radical (unpaired) electrons. The number of carbonyl (C=O) groups excluding carboxylic acids is 1. The van der Waals surface area contributed by atoms with E-state index >= 15 is 0 Å². The number of nitrogens with one attached hydrogen (secondary N) is 1. The van der Waals surface area contributed by atoms with Crippen molar-refractivity contribution in [2.45, 2.75) is 46.3 Å². The Morgan fingerprint density at radius 2 is 2.00 bits per heavy atom. The minimum absolute atomic E-state index is 0.0560. The van der Waals surface area contributed by atoms with Crippen LogP contribution in [0.3, 0.4) is 0 Å². The van der Waals surface area contributed by atoms with Crippen molar-refractivity contribution in [3.63, 3.8) is 0 Å². The van der Waals surface area contributed by atoms with Crippen LogP contribution in [0.25, 0.3) is 0 Å². The first-order valence-corrected chi connectivity index (χ1v) is 7.08. The molecule has 1 aromatic carbocycles. The lowest BCUT2D eigenvalue weighted by atomic mass is 10.0. The van der Waals surface area contributed by atoms with Crippen molar-refractivity contribution in [1.29, 1.82) is 0 Å². The summed E-state index contributed by atoms with van der Waals surface area (Å²) in [5.74, 6) is 0. The van der Waals surface area contributed by atoms with E-state index in [2.05, 4.69) is 5.32 Å². The molecule has 0 saturated heterocycles. The monoisotopic (exact) mass is 278 g/mol. The van der Waals surface area contributed by atoms with E-state index in [0.29, 0.717) is 13.1 Å². The molecule has 1 aromatic rings. The van der Waals surface area contributed by atoms with E-state index in [1.807, 2.05) is 45.0 Å². The summed E-state index contributed by atoms with van der Waals surface area (Å²) in [6, 6.07) is 7.81. The van der Waals surface area contributed by atoms with Gasteiger partial charge in [0.2, 0.25) is 0 Å². The molecule has 0 saturated carbocycles. The van der Waals surface area contributed by atoms with Crippen LogP contribution in [0.4, 0.5) is 4.79 Å². The van der Waals surface area contributed by atoms with Crippen LogP contribution >= 0.6 is 0 Å². The van der Waals surface area contributed by atoms with Crippen LogP contribution in [0.15, 0.2) is 24.3 Å². The van der Waals surface area contributed by atoms with Crippen LogP contribution in [0.1, 0.15) is 44.9 Å². The topological polar surface area (TPSA) is 52.6 Å². The first-order chi connectivity index (χ1) is 9.24. The number of likely N-dealkylation sites (N-methyl/N-ethyl adjacent to an activating group) is 1. The molecule has 1 rings (SSSR count). The predicted octanol–water partition coefficient (Wildman–Crippen LogP) is 2.86. The highest BCUT2D eigenvalue weighted by molar-refractivity contribution is 5.74. The molecule has 0 aliphatic heterocycles. The fraction of sp³-hybridized carbons (Fsp3) is 0.562. The zero-order chi connectivity index (χ0) is 15.3. The Kier molecular flexibility index (Phi) is 5.57. The molecule has 4 heteroatoms. The van der Waals surface area contributed by atoms with Crippen molar-refractivity contribution in [3.05, 3.63) is 35.4 Å². The van der Waals surface area contributed by atoms with Crippen molar-refractivity contribution in [3.8, 4) is 0 Å². The summed E-state index contributed by atoms with van der Waals surface area (Å²) in [5.41, 5.74) is 1.38. The number of amides is 2. The molecule has 112 valence electrons. The average molecular weight is 278 g/mol. The van der Waals surface area contributed by atoms with Crippen LogP contribution in [-0.2, 0) is 0 Å². The molecule has 4 nitrogen and oxygen atoms in total. The molecule has 1 unspecified atom stereocenters. The Balaban J connectivity index is 2.71. The van der Waals surface area contributed by atoms with Gasteiger partial charge >= 0.3 is 6.03 Å². The quantitative estimate of drug-likeness (QED) is 0.870. The highest BCUT2D eigenvalue weighted by atomic mass is 16.3. The van der Waals surface area contributed by atoms with Gasteiger partial charge in [-0.05, 0) is 45.7 Å². The van der Waals surface area contributed by atoms with E-state index in [9.17, 15) is 9.90 Å². The zero-order valence-electron chi connectivity index (χ0n) is 13.1. The number of aryl methyl sites for hydroxylation is 1. The molecule has 0 aromatic heterocycles. The summed E-state index contributed by atoms with van der Waals surface area (Å²) in [6.45, 7) is 10.2. The van der Waals surface area contributed by atoms with Crippen LogP contribution in [0, 0.1) is 6.92 Å². The lowest BCUT2D eigenvalue weighted by Crippen LogP contribution is -2.47. The average Bonchev–Trinajstić information content (AvgIpc) is 2.35. The number of carbonyl (C=O) groups is 1. The van der Waals surface area contributed by atoms with Gasteiger partial charge in [-0.2, -0.15) is 0 Å². The number of hydrogen-bond donors (Lipinski definition) is 2. The lowest BCUT2D eigenvalue weighted by molar-refractivity contribution is 0.0476. The van der Waals surface area contributed by atoms with E-state index in [1.165, 1.54) is 0 Å². The molecule has 2 N–H and O–H groups in total. The molecule has 0 fully saturated rings. The van der Waals surface area contributed by atoms with Gasteiger partial charge in [0, 0.05) is 6.54 Å². The van der Waals surface area contributed by atoms with Crippen molar-refractivity contribution in [2.24, 2.45) is 0 Å². The molecular formula is C16H26N2O2. The van der Waals surface area contributed by atoms with Gasteiger partial charge in [-0.3, -0.25) is 0 Å². The standard InChI is InChI=1S/C16H26N2O2/c1-6-18(11-16(4,5)20)15(19)17-13(3)14-10-8-7-9-12(14)2/h7-10,13,20H,6,11H2,1-5H3,(H,17,19). The molecule has 0 aliphatic carbocycles. The number of nitrogens with zero attached hydrogens (tertiary/aromatic N) is 1. The molecule has 20 heavy (non-hydrogen) atoms. The number of hydrogen-bond acceptors (Lipinski definition) is 2. The van der Waals surface area contributed by atoms with E-state index in [4.69, 9.17) is 0 Å². The maximum Gasteiger partial charge on any atom is 0.317 e. The fourth-order valence-electron chi connectivity index (χ4n) is 2.22. The van der Waals surface area contributed by atoms with E-state index in [0.717, 1.165) is 11.1 Å². The van der Waals surface area contributed by atoms with Gasteiger partial charge in [0.15, 0.2) is 0 Å². The van der Waals surface area contributed by atoms with Crippen molar-refractivity contribution in [1.82, 2.24) is 10.2 Å². The van der Waals surface area contributed by atoms with Crippen molar-refractivity contribution in [2.75, 3.05) is 13.1 Å². The third-order valence-electron chi connectivity index (χ3n) is 3.24. The first-order valence-electron chi connectivity index (χ1n) is 7.08. The Hall–Kier alpha value is -1.55. The Bertz CT molecular complexity index is 452. The van der Waals surface area contributed by atoms with E-state index in [-0.39, 0.29) is 12.1 Å². The lowest BCUT2D eigenvalue weighted by Gasteiger charge is -2.29. The van der Waals surface area contributed by atoms with Gasteiger partial charge in [-0.15, -0.1) is 0 Å². The summed E-state index contributed by atoms with van der Waals surface area (Å²) in [5, 5.41) is 12.8. The third kappa shape index (κ3) is 4.85. The second kappa shape index (κ2) is 6.75. The number of urea groups is 1. The van der Waals surface area contributed by atoms with Crippen LogP contribution < -0.4 is 5.32 Å². The summed E-state index contributed by atoms with van der Waals surface area (Å²) >= 11 is 0. The summed E-state index contributed by atoms with van der Waals surface area (Å²) < 4.78 is 0. The Labute approximate surface area is 121 Å². The fourth-order valence-corrected chi connectivity index (χ4v) is 2.22. The SMILES string of the molecule is CCN(CC(C)(C)O)C(=O)NC(C)c1ccccc1C. The van der Waals surface area contributed by atoms with Gasteiger partial charge in [0.25, 0.3) is 0 Å². The summed E-state index contributed by atoms with van der Waals surface area (Å²) in [6.07, 6.45) is 0. The van der Waals surface area contributed by atoms with E-state index in [1.54, 1.807) is 18.7 Å². The highest BCUT2D eigenvalue weighted by Gasteiger charge is 2.22. The van der Waals surface area contributed by atoms with Crippen LogP contribution in [0.2, 0.25) is 0 Å². The molecule has 0 heterocycles. The van der Waals surface area contributed by atoms with Gasteiger partial charge in [0.05, 0.1) is 18.2 Å². The second-order valence-electron chi connectivity index (χ2n) is 5.85. The molecule has 0 spiro atoms. The van der Waals surface area contributed by atoms with Crippen molar-refractivity contribution < 1.29 is 9.90 Å². The summed E-state index contributed by atoms with van der Waals surface area (Å²) in [4.78, 5) is 13.9. The predicted molar refractivity (Wildman–Crippen MR) is 81.7 cm³/mol. The van der Waals surface area contributed by atoms with Crippen LogP contribution in [0.5, 0.6) is 0 Å². The van der Waals surface area contributed by atoms with Gasteiger partial charge in [-0.1, -0.05) is 24.3 Å². The number of aliphatic hydroxyl groups is 1. The van der Waals surface area contributed by atoms with Crippen LogP contribution in [-0.4, -0.2) is 34.7 Å².